The molecular formula is C24H24N2O2S2. The molecule has 4 nitrogen and oxygen atoms in total. The minimum absolute atomic E-state index is 0.0968. The van der Waals surface area contributed by atoms with E-state index in [1.807, 2.05) is 54.6 Å². The lowest BCUT2D eigenvalue weighted by atomic mass is 10.1. The van der Waals surface area contributed by atoms with Crippen LogP contribution in [-0.2, 0) is 16.0 Å². The fraction of sp³-hybridized carbons (Fsp3) is 0.292. The number of carbonyl (C=O) groups is 2. The Morgan fingerprint density at radius 3 is 2.33 bits per heavy atom. The van der Waals surface area contributed by atoms with E-state index in [-0.39, 0.29) is 11.8 Å². The van der Waals surface area contributed by atoms with Gasteiger partial charge in [-0.2, -0.15) is 0 Å². The molecule has 2 aliphatic heterocycles. The smallest absolute Gasteiger partial charge is 0.267 e. The fourth-order valence-corrected chi connectivity index (χ4v) is 5.12. The average Bonchev–Trinajstić information content (AvgIpc) is 3.17. The number of carbonyl (C=O) groups excluding carboxylic acids is 2. The van der Waals surface area contributed by atoms with E-state index in [0.29, 0.717) is 33.8 Å². The number of hydrogen-bond donors (Lipinski definition) is 0. The molecule has 30 heavy (non-hydrogen) atoms. The summed E-state index contributed by atoms with van der Waals surface area (Å²) in [6.07, 6.45) is 1.63. The molecule has 2 aromatic rings. The summed E-state index contributed by atoms with van der Waals surface area (Å²) >= 11 is 6.75. The summed E-state index contributed by atoms with van der Waals surface area (Å²) in [5, 5.41) is 0. The molecule has 2 amide bonds. The van der Waals surface area contributed by atoms with Crippen LogP contribution in [0.15, 0.2) is 59.5 Å². The second-order valence-electron chi connectivity index (χ2n) is 7.92. The van der Waals surface area contributed by atoms with Crippen molar-refractivity contribution in [3.8, 4) is 0 Å². The quantitative estimate of drug-likeness (QED) is 0.477. The number of fused-ring (bicyclic) bond motifs is 1. The Labute approximate surface area is 186 Å². The number of thiocarbonyl (C=S) groups is 1. The molecule has 0 atom stereocenters. The minimum Gasteiger partial charge on any atom is -0.308 e. The molecule has 0 aromatic heterocycles. The number of thioether (sulfide) groups is 1. The lowest BCUT2D eigenvalue weighted by Crippen LogP contribution is -2.31. The van der Waals surface area contributed by atoms with E-state index in [4.69, 9.17) is 12.2 Å². The summed E-state index contributed by atoms with van der Waals surface area (Å²) in [5.41, 5.74) is 3.36. The van der Waals surface area contributed by atoms with Gasteiger partial charge in [0.1, 0.15) is 4.32 Å². The Hall–Kier alpha value is -2.44. The molecule has 2 aromatic carbocycles. The van der Waals surface area contributed by atoms with Crippen molar-refractivity contribution in [2.45, 2.75) is 26.7 Å². The van der Waals surface area contributed by atoms with Gasteiger partial charge in [-0.25, -0.2) is 0 Å². The van der Waals surface area contributed by atoms with Crippen LogP contribution < -0.4 is 4.90 Å². The van der Waals surface area contributed by atoms with Gasteiger partial charge in [0, 0.05) is 18.7 Å². The molecule has 0 saturated carbocycles. The zero-order valence-corrected chi connectivity index (χ0v) is 18.8. The van der Waals surface area contributed by atoms with Crippen LogP contribution in [0.5, 0.6) is 0 Å². The van der Waals surface area contributed by atoms with Gasteiger partial charge in [-0.15, -0.1) is 0 Å². The molecule has 2 heterocycles. The Balaban J connectivity index is 1.63. The SMILES string of the molecule is CC(C)CCN1C(=O)/C(=C2\SC(=S)N(CCc3ccccc3)C2=O)c2ccccc21. The maximum atomic E-state index is 13.3. The Bertz CT molecular complexity index is 1030. The molecule has 0 N–H and O–H groups in total. The number of anilines is 1. The highest BCUT2D eigenvalue weighted by Gasteiger charge is 2.41. The molecule has 6 heteroatoms. The maximum absolute atomic E-state index is 13.3. The van der Waals surface area contributed by atoms with Crippen LogP contribution in [0.4, 0.5) is 5.69 Å². The van der Waals surface area contributed by atoms with Crippen LogP contribution in [0, 0.1) is 5.92 Å². The molecule has 2 aliphatic rings. The Morgan fingerprint density at radius 2 is 1.60 bits per heavy atom. The summed E-state index contributed by atoms with van der Waals surface area (Å²) in [6, 6.07) is 17.8. The standard InChI is InChI=1S/C24H24N2O2S2/c1-16(2)12-14-25-19-11-7-6-10-18(19)20(22(25)27)21-23(28)26(24(29)30-21)15-13-17-8-4-3-5-9-17/h3-11,16H,12-15H2,1-2H3/b21-20-. The summed E-state index contributed by atoms with van der Waals surface area (Å²) in [7, 11) is 0. The van der Waals surface area contributed by atoms with Crippen LogP contribution in [-0.4, -0.2) is 34.1 Å². The molecule has 0 aliphatic carbocycles. The summed E-state index contributed by atoms with van der Waals surface area (Å²) in [5.74, 6) is 0.232. The first-order valence-corrected chi connectivity index (χ1v) is 11.4. The van der Waals surface area contributed by atoms with Gasteiger partial charge in [-0.1, -0.05) is 86.4 Å². The van der Waals surface area contributed by atoms with Gasteiger partial charge in [-0.3, -0.25) is 14.5 Å². The van der Waals surface area contributed by atoms with Crippen molar-refractivity contribution in [3.05, 3.63) is 70.6 Å². The van der Waals surface area contributed by atoms with E-state index in [0.717, 1.165) is 29.7 Å². The molecule has 0 bridgehead atoms. The van der Waals surface area contributed by atoms with Crippen LogP contribution in [0.1, 0.15) is 31.4 Å². The first kappa shape index (κ1) is 20.8. The van der Waals surface area contributed by atoms with Crippen molar-refractivity contribution in [1.29, 1.82) is 0 Å². The lowest BCUT2D eigenvalue weighted by molar-refractivity contribution is -0.122. The summed E-state index contributed by atoms with van der Waals surface area (Å²) in [6.45, 7) is 5.44. The summed E-state index contributed by atoms with van der Waals surface area (Å²) < 4.78 is 0.518. The normalized spacial score (nSPS) is 18.7. The Kier molecular flexibility index (Phi) is 6.06. The van der Waals surface area contributed by atoms with Gasteiger partial charge in [0.15, 0.2) is 0 Å². The molecule has 1 fully saturated rings. The van der Waals surface area contributed by atoms with Crippen molar-refractivity contribution < 1.29 is 9.59 Å². The second kappa shape index (κ2) is 8.74. The zero-order chi connectivity index (χ0) is 21.3. The Morgan fingerprint density at radius 1 is 0.900 bits per heavy atom. The number of rotatable bonds is 6. The highest BCUT2D eigenvalue weighted by Crippen LogP contribution is 2.44. The van der Waals surface area contributed by atoms with Gasteiger partial charge >= 0.3 is 0 Å². The number of benzene rings is 2. The van der Waals surface area contributed by atoms with Crippen molar-refractivity contribution >= 4 is 51.4 Å². The van der Waals surface area contributed by atoms with Crippen LogP contribution in [0.25, 0.3) is 5.57 Å². The predicted molar refractivity (Wildman–Crippen MR) is 127 cm³/mol. The fourth-order valence-electron chi connectivity index (χ4n) is 3.74. The third-order valence-electron chi connectivity index (χ3n) is 5.40. The van der Waals surface area contributed by atoms with Gasteiger partial charge in [0.05, 0.1) is 16.2 Å². The number of hydrogen-bond acceptors (Lipinski definition) is 4. The number of amides is 2. The first-order valence-electron chi connectivity index (χ1n) is 10.2. The summed E-state index contributed by atoms with van der Waals surface area (Å²) in [4.78, 5) is 30.5. The first-order chi connectivity index (χ1) is 14.5. The van der Waals surface area contributed by atoms with Gasteiger partial charge in [0.2, 0.25) is 0 Å². The molecule has 154 valence electrons. The van der Waals surface area contributed by atoms with Gasteiger partial charge in [-0.05, 0) is 30.4 Å². The van der Waals surface area contributed by atoms with E-state index in [9.17, 15) is 9.59 Å². The molecule has 1 saturated heterocycles. The zero-order valence-electron chi connectivity index (χ0n) is 17.1. The van der Waals surface area contributed by atoms with E-state index >= 15 is 0 Å². The van der Waals surface area contributed by atoms with Crippen molar-refractivity contribution in [2.24, 2.45) is 5.92 Å². The molecule has 0 spiro atoms. The number of nitrogens with zero attached hydrogens (tertiary/aromatic N) is 2. The van der Waals surface area contributed by atoms with Crippen molar-refractivity contribution in [2.75, 3.05) is 18.0 Å². The maximum Gasteiger partial charge on any atom is 0.267 e. The van der Waals surface area contributed by atoms with E-state index < -0.39 is 0 Å². The third-order valence-corrected chi connectivity index (χ3v) is 6.84. The monoisotopic (exact) mass is 436 g/mol. The van der Waals surface area contributed by atoms with E-state index in [1.165, 1.54) is 11.8 Å². The van der Waals surface area contributed by atoms with Crippen molar-refractivity contribution in [1.82, 2.24) is 4.90 Å². The minimum atomic E-state index is -0.162. The predicted octanol–water partition coefficient (Wildman–Crippen LogP) is 4.89. The molecule has 0 unspecified atom stereocenters. The molecular weight excluding hydrogens is 412 g/mol. The van der Waals surface area contributed by atoms with Crippen LogP contribution in [0.2, 0.25) is 0 Å². The van der Waals surface area contributed by atoms with E-state index in [2.05, 4.69) is 13.8 Å². The largest absolute Gasteiger partial charge is 0.308 e. The topological polar surface area (TPSA) is 40.6 Å². The van der Waals surface area contributed by atoms with Crippen LogP contribution >= 0.6 is 24.0 Å². The van der Waals surface area contributed by atoms with Crippen LogP contribution in [0.3, 0.4) is 0 Å². The molecule has 4 rings (SSSR count). The third kappa shape index (κ3) is 3.94. The average molecular weight is 437 g/mol. The highest BCUT2D eigenvalue weighted by molar-refractivity contribution is 8.26. The van der Waals surface area contributed by atoms with E-state index in [1.54, 1.807) is 9.80 Å². The lowest BCUT2D eigenvalue weighted by Gasteiger charge is -2.18. The van der Waals surface area contributed by atoms with Gasteiger partial charge in [0.25, 0.3) is 11.8 Å². The van der Waals surface area contributed by atoms with Crippen molar-refractivity contribution in [3.63, 3.8) is 0 Å². The number of para-hydroxylation sites is 1. The highest BCUT2D eigenvalue weighted by atomic mass is 32.2. The second-order valence-corrected chi connectivity index (χ2v) is 9.57. The van der Waals surface area contributed by atoms with Gasteiger partial charge < -0.3 is 4.90 Å². The molecule has 0 radical (unpaired) electrons.